The quantitative estimate of drug-likeness (QED) is 0.793. The van der Waals surface area contributed by atoms with Crippen molar-refractivity contribution >= 4 is 23.2 Å². The molecular weight excluding hydrogens is 352 g/mol. The molecule has 0 aromatic heterocycles. The van der Waals surface area contributed by atoms with E-state index in [-0.39, 0.29) is 17.9 Å². The molecule has 0 atom stereocenters. The van der Waals surface area contributed by atoms with Gasteiger partial charge in [0.1, 0.15) is 5.75 Å². The maximum absolute atomic E-state index is 12.6. The first-order chi connectivity index (χ1) is 13.3. The predicted molar refractivity (Wildman–Crippen MR) is 112 cm³/mol. The van der Waals surface area contributed by atoms with Crippen LogP contribution in [0.2, 0.25) is 0 Å². The molecule has 0 unspecified atom stereocenters. The van der Waals surface area contributed by atoms with Crippen molar-refractivity contribution < 1.29 is 14.3 Å². The van der Waals surface area contributed by atoms with Crippen LogP contribution < -0.4 is 15.0 Å². The number of fused-ring (bicyclic) bond motifs is 1. The Morgan fingerprint density at radius 2 is 1.79 bits per heavy atom. The summed E-state index contributed by atoms with van der Waals surface area (Å²) in [7, 11) is 0. The SMILES string of the molecule is CC(C)CN1C(=O)CCc2cc(NC(=O)c3ccc(OC(C)C)cc3)ccc21. The number of hydrogen-bond donors (Lipinski definition) is 1. The van der Waals surface area contributed by atoms with Gasteiger partial charge < -0.3 is 15.0 Å². The first kappa shape index (κ1) is 19.9. The summed E-state index contributed by atoms with van der Waals surface area (Å²) in [4.78, 5) is 26.7. The predicted octanol–water partition coefficient (Wildman–Crippen LogP) is 4.66. The summed E-state index contributed by atoms with van der Waals surface area (Å²) in [6.07, 6.45) is 1.31. The van der Waals surface area contributed by atoms with Crippen molar-refractivity contribution in [2.24, 2.45) is 5.92 Å². The second-order valence-corrected chi connectivity index (χ2v) is 7.89. The van der Waals surface area contributed by atoms with Crippen LogP contribution in [0.25, 0.3) is 0 Å². The summed E-state index contributed by atoms with van der Waals surface area (Å²) < 4.78 is 5.61. The summed E-state index contributed by atoms with van der Waals surface area (Å²) >= 11 is 0. The van der Waals surface area contributed by atoms with Gasteiger partial charge in [-0.3, -0.25) is 9.59 Å². The van der Waals surface area contributed by atoms with Gasteiger partial charge in [0.15, 0.2) is 0 Å². The van der Waals surface area contributed by atoms with E-state index in [1.54, 1.807) is 24.3 Å². The van der Waals surface area contributed by atoms with Gasteiger partial charge in [0.2, 0.25) is 5.91 Å². The Hall–Kier alpha value is -2.82. The molecule has 0 saturated heterocycles. The fourth-order valence-corrected chi connectivity index (χ4v) is 3.36. The monoisotopic (exact) mass is 380 g/mol. The van der Waals surface area contributed by atoms with Crippen LogP contribution >= 0.6 is 0 Å². The first-order valence-electron chi connectivity index (χ1n) is 9.85. The number of carbonyl (C=O) groups excluding carboxylic acids is 2. The third-order valence-electron chi connectivity index (χ3n) is 4.57. The molecule has 0 spiro atoms. The molecule has 3 rings (SSSR count). The summed E-state index contributed by atoms with van der Waals surface area (Å²) in [6.45, 7) is 8.85. The molecule has 148 valence electrons. The van der Waals surface area contributed by atoms with E-state index in [4.69, 9.17) is 4.74 Å². The molecule has 0 bridgehead atoms. The average Bonchev–Trinajstić information content (AvgIpc) is 2.64. The third-order valence-corrected chi connectivity index (χ3v) is 4.57. The summed E-state index contributed by atoms with van der Waals surface area (Å²) in [5, 5.41) is 2.95. The van der Waals surface area contributed by atoms with Gasteiger partial charge in [0, 0.05) is 29.9 Å². The van der Waals surface area contributed by atoms with Crippen LogP contribution in [0.15, 0.2) is 42.5 Å². The minimum absolute atomic E-state index is 0.0947. The number of hydrogen-bond acceptors (Lipinski definition) is 3. The van der Waals surface area contributed by atoms with Crippen molar-refractivity contribution in [3.63, 3.8) is 0 Å². The molecule has 1 aliphatic rings. The molecule has 0 radical (unpaired) electrons. The van der Waals surface area contributed by atoms with Crippen LogP contribution in [0.5, 0.6) is 5.75 Å². The normalized spacial score (nSPS) is 13.6. The maximum atomic E-state index is 12.6. The van der Waals surface area contributed by atoms with Gasteiger partial charge >= 0.3 is 0 Å². The number of carbonyl (C=O) groups is 2. The number of ether oxygens (including phenoxy) is 1. The number of nitrogens with zero attached hydrogens (tertiary/aromatic N) is 1. The Morgan fingerprint density at radius 1 is 1.07 bits per heavy atom. The van der Waals surface area contributed by atoms with E-state index < -0.39 is 0 Å². The topological polar surface area (TPSA) is 58.6 Å². The van der Waals surface area contributed by atoms with E-state index in [1.165, 1.54) is 0 Å². The van der Waals surface area contributed by atoms with Crippen molar-refractivity contribution in [2.45, 2.75) is 46.6 Å². The van der Waals surface area contributed by atoms with Crippen LogP contribution in [0, 0.1) is 5.92 Å². The fourth-order valence-electron chi connectivity index (χ4n) is 3.36. The van der Waals surface area contributed by atoms with E-state index in [0.29, 0.717) is 30.9 Å². The summed E-state index contributed by atoms with van der Waals surface area (Å²) in [6, 6.07) is 12.9. The number of anilines is 2. The standard InChI is InChI=1S/C23H28N2O3/c1-15(2)14-25-21-11-8-19(13-18(21)7-12-22(25)26)24-23(27)17-5-9-20(10-6-17)28-16(3)4/h5-6,8-11,13,15-16H,7,12,14H2,1-4H3,(H,24,27). The smallest absolute Gasteiger partial charge is 0.255 e. The van der Waals surface area contributed by atoms with Gasteiger partial charge in [-0.05, 0) is 74.2 Å². The highest BCUT2D eigenvalue weighted by atomic mass is 16.5. The second-order valence-electron chi connectivity index (χ2n) is 7.89. The van der Waals surface area contributed by atoms with Crippen molar-refractivity contribution in [3.8, 4) is 5.75 Å². The van der Waals surface area contributed by atoms with Crippen LogP contribution in [0.3, 0.4) is 0 Å². The Balaban J connectivity index is 1.73. The molecule has 2 amide bonds. The van der Waals surface area contributed by atoms with E-state index in [1.807, 2.05) is 36.9 Å². The molecule has 5 nitrogen and oxygen atoms in total. The van der Waals surface area contributed by atoms with E-state index in [2.05, 4.69) is 19.2 Å². The molecule has 5 heteroatoms. The number of rotatable bonds is 6. The molecule has 0 saturated carbocycles. The lowest BCUT2D eigenvalue weighted by Gasteiger charge is -2.31. The molecule has 2 aromatic rings. The van der Waals surface area contributed by atoms with Gasteiger partial charge in [-0.15, -0.1) is 0 Å². The van der Waals surface area contributed by atoms with Gasteiger partial charge in [0.05, 0.1) is 6.10 Å². The Labute approximate surface area is 166 Å². The number of nitrogens with one attached hydrogen (secondary N) is 1. The van der Waals surface area contributed by atoms with Crippen molar-refractivity contribution in [3.05, 3.63) is 53.6 Å². The molecule has 1 aliphatic heterocycles. The van der Waals surface area contributed by atoms with Gasteiger partial charge in [-0.1, -0.05) is 13.8 Å². The number of amides is 2. The van der Waals surface area contributed by atoms with Crippen molar-refractivity contribution in [1.29, 1.82) is 0 Å². The lowest BCUT2D eigenvalue weighted by molar-refractivity contribution is -0.119. The zero-order valence-corrected chi connectivity index (χ0v) is 17.0. The van der Waals surface area contributed by atoms with Gasteiger partial charge in [-0.25, -0.2) is 0 Å². The first-order valence-corrected chi connectivity index (χ1v) is 9.85. The molecule has 1 N–H and O–H groups in total. The Morgan fingerprint density at radius 3 is 2.43 bits per heavy atom. The third kappa shape index (κ3) is 4.71. The van der Waals surface area contributed by atoms with Crippen LogP contribution in [0.4, 0.5) is 11.4 Å². The number of benzene rings is 2. The zero-order valence-electron chi connectivity index (χ0n) is 17.0. The second kappa shape index (κ2) is 8.46. The van der Waals surface area contributed by atoms with Gasteiger partial charge in [-0.2, -0.15) is 0 Å². The van der Waals surface area contributed by atoms with E-state index >= 15 is 0 Å². The zero-order chi connectivity index (χ0) is 20.3. The highest BCUT2D eigenvalue weighted by molar-refractivity contribution is 6.05. The summed E-state index contributed by atoms with van der Waals surface area (Å²) in [5.41, 5.74) is 3.37. The minimum Gasteiger partial charge on any atom is -0.491 e. The molecule has 1 heterocycles. The van der Waals surface area contributed by atoms with E-state index in [0.717, 1.165) is 22.7 Å². The van der Waals surface area contributed by atoms with Crippen LogP contribution in [-0.4, -0.2) is 24.5 Å². The Kier molecular flexibility index (Phi) is 6.02. The van der Waals surface area contributed by atoms with Crippen LogP contribution in [0.1, 0.15) is 50.0 Å². The van der Waals surface area contributed by atoms with E-state index in [9.17, 15) is 9.59 Å². The van der Waals surface area contributed by atoms with Crippen molar-refractivity contribution in [2.75, 3.05) is 16.8 Å². The lowest BCUT2D eigenvalue weighted by Crippen LogP contribution is -2.37. The molecule has 2 aromatic carbocycles. The molecule has 28 heavy (non-hydrogen) atoms. The van der Waals surface area contributed by atoms with Crippen molar-refractivity contribution in [1.82, 2.24) is 0 Å². The molecular formula is C23H28N2O3. The maximum Gasteiger partial charge on any atom is 0.255 e. The highest BCUT2D eigenvalue weighted by Crippen LogP contribution is 2.31. The summed E-state index contributed by atoms with van der Waals surface area (Å²) in [5.74, 6) is 1.15. The fraction of sp³-hybridized carbons (Fsp3) is 0.391. The Bertz CT molecular complexity index is 857. The minimum atomic E-state index is -0.165. The number of aryl methyl sites for hydroxylation is 1. The van der Waals surface area contributed by atoms with Crippen LogP contribution in [-0.2, 0) is 11.2 Å². The average molecular weight is 380 g/mol. The molecule has 0 aliphatic carbocycles. The van der Waals surface area contributed by atoms with Gasteiger partial charge in [0.25, 0.3) is 5.91 Å². The largest absolute Gasteiger partial charge is 0.491 e. The lowest BCUT2D eigenvalue weighted by atomic mass is 9.99. The molecule has 0 fully saturated rings. The highest BCUT2D eigenvalue weighted by Gasteiger charge is 2.25.